The fourth-order valence-corrected chi connectivity index (χ4v) is 2.13. The third kappa shape index (κ3) is 3.47. The molecule has 2 rings (SSSR count). The Hall–Kier alpha value is -1.52. The zero-order valence-corrected chi connectivity index (χ0v) is 10.6. The van der Waals surface area contributed by atoms with Gasteiger partial charge in [0.05, 0.1) is 6.54 Å². The van der Waals surface area contributed by atoms with Crippen LogP contribution in [0.4, 0.5) is 10.5 Å². The van der Waals surface area contributed by atoms with Crippen LogP contribution < -0.4 is 4.90 Å². The smallest absolute Gasteiger partial charge is 0.412 e. The normalized spacial score (nSPS) is 9.41. The predicted molar refractivity (Wildman–Crippen MR) is 72.2 cm³/mol. The van der Waals surface area contributed by atoms with Crippen LogP contribution in [0, 0.1) is 0 Å². The lowest BCUT2D eigenvalue weighted by Crippen LogP contribution is -2.28. The van der Waals surface area contributed by atoms with Gasteiger partial charge < -0.3 is 5.11 Å². The molecule has 0 saturated heterocycles. The molecule has 1 aromatic heterocycles. The topological polar surface area (TPSA) is 40.5 Å². The Morgan fingerprint density at radius 1 is 1.18 bits per heavy atom. The van der Waals surface area contributed by atoms with Gasteiger partial charge in [-0.25, -0.2) is 4.79 Å². The minimum atomic E-state index is -0.931. The Kier molecular flexibility index (Phi) is 5.00. The average Bonchev–Trinajstić information content (AvgIpc) is 2.79. The van der Waals surface area contributed by atoms with Crippen molar-refractivity contribution in [1.82, 2.24) is 0 Å². The SMILES string of the molecule is Cl.O=C(O)N(Cc1cccs1)c1ccccc1. The molecule has 0 fully saturated rings. The number of benzene rings is 1. The maximum absolute atomic E-state index is 11.2. The number of rotatable bonds is 3. The molecule has 5 heteroatoms. The summed E-state index contributed by atoms with van der Waals surface area (Å²) in [6.07, 6.45) is -0.931. The molecule has 1 amide bonds. The van der Waals surface area contributed by atoms with E-state index in [1.54, 1.807) is 23.5 Å². The molecule has 0 saturated carbocycles. The van der Waals surface area contributed by atoms with Crippen molar-refractivity contribution in [3.63, 3.8) is 0 Å². The number of halogens is 1. The van der Waals surface area contributed by atoms with Crippen molar-refractivity contribution in [1.29, 1.82) is 0 Å². The van der Waals surface area contributed by atoms with Crippen LogP contribution in [0.2, 0.25) is 0 Å². The quantitative estimate of drug-likeness (QED) is 0.919. The highest BCUT2D eigenvalue weighted by Gasteiger charge is 2.14. The van der Waals surface area contributed by atoms with Crippen molar-refractivity contribution < 1.29 is 9.90 Å². The first-order valence-corrected chi connectivity index (χ1v) is 5.73. The van der Waals surface area contributed by atoms with Crippen LogP contribution in [0.1, 0.15) is 4.88 Å². The van der Waals surface area contributed by atoms with Gasteiger partial charge in [0.15, 0.2) is 0 Å². The third-order valence-corrected chi connectivity index (χ3v) is 3.05. The number of thiophene rings is 1. The Bertz CT molecular complexity index is 459. The number of carbonyl (C=O) groups is 1. The van der Waals surface area contributed by atoms with E-state index in [0.717, 1.165) is 4.88 Å². The molecule has 0 aliphatic heterocycles. The standard InChI is InChI=1S/C12H11NO2S.ClH/c14-12(15)13(9-11-7-4-8-16-11)10-5-2-1-3-6-10;/h1-8H,9H2,(H,14,15);1H. The monoisotopic (exact) mass is 269 g/mol. The molecule has 0 atom stereocenters. The van der Waals surface area contributed by atoms with Gasteiger partial charge in [-0.05, 0) is 23.6 Å². The first-order valence-electron chi connectivity index (χ1n) is 4.85. The maximum Gasteiger partial charge on any atom is 0.412 e. The molecule has 90 valence electrons. The number of hydrogen-bond donors (Lipinski definition) is 1. The van der Waals surface area contributed by atoms with Crippen LogP contribution in [0.3, 0.4) is 0 Å². The van der Waals surface area contributed by atoms with Crippen molar-refractivity contribution in [2.24, 2.45) is 0 Å². The Balaban J connectivity index is 0.00000144. The summed E-state index contributed by atoms with van der Waals surface area (Å²) in [5, 5.41) is 11.1. The molecule has 0 bridgehead atoms. The molecule has 1 heterocycles. The molecule has 0 aliphatic rings. The summed E-state index contributed by atoms with van der Waals surface area (Å²) < 4.78 is 0. The molecule has 1 N–H and O–H groups in total. The largest absolute Gasteiger partial charge is 0.465 e. The molecule has 2 aromatic rings. The lowest BCUT2D eigenvalue weighted by atomic mass is 10.3. The van der Waals surface area contributed by atoms with E-state index in [1.807, 2.05) is 35.7 Å². The second-order valence-corrected chi connectivity index (χ2v) is 4.32. The van der Waals surface area contributed by atoms with Crippen LogP contribution in [0.25, 0.3) is 0 Å². The molecule has 3 nitrogen and oxygen atoms in total. The molecule has 0 unspecified atom stereocenters. The van der Waals surface area contributed by atoms with E-state index >= 15 is 0 Å². The predicted octanol–water partition coefficient (Wildman–Crippen LogP) is 3.85. The van der Waals surface area contributed by atoms with E-state index in [2.05, 4.69) is 0 Å². The van der Waals surface area contributed by atoms with Gasteiger partial charge in [-0.2, -0.15) is 0 Å². The first-order chi connectivity index (χ1) is 7.77. The first kappa shape index (κ1) is 13.5. The van der Waals surface area contributed by atoms with Crippen LogP contribution in [-0.2, 0) is 6.54 Å². The summed E-state index contributed by atoms with van der Waals surface area (Å²) in [6.45, 7) is 0.400. The van der Waals surface area contributed by atoms with E-state index in [-0.39, 0.29) is 12.4 Å². The maximum atomic E-state index is 11.2. The lowest BCUT2D eigenvalue weighted by Gasteiger charge is -2.18. The van der Waals surface area contributed by atoms with E-state index < -0.39 is 6.09 Å². The molecular weight excluding hydrogens is 258 g/mol. The van der Waals surface area contributed by atoms with Gasteiger partial charge >= 0.3 is 6.09 Å². The lowest BCUT2D eigenvalue weighted by molar-refractivity contribution is 0.201. The van der Waals surface area contributed by atoms with Gasteiger partial charge in [-0.15, -0.1) is 23.7 Å². The van der Waals surface area contributed by atoms with Crippen molar-refractivity contribution in [2.75, 3.05) is 4.90 Å². The highest BCUT2D eigenvalue weighted by Crippen LogP contribution is 2.19. The zero-order chi connectivity index (χ0) is 11.4. The van der Waals surface area contributed by atoms with Gasteiger partial charge in [0, 0.05) is 10.6 Å². The summed E-state index contributed by atoms with van der Waals surface area (Å²) in [6, 6.07) is 13.0. The Morgan fingerprint density at radius 2 is 1.88 bits per heavy atom. The van der Waals surface area contributed by atoms with Gasteiger partial charge in [0.2, 0.25) is 0 Å². The van der Waals surface area contributed by atoms with E-state index in [1.165, 1.54) is 4.90 Å². The molecule has 1 aromatic carbocycles. The fourth-order valence-electron chi connectivity index (χ4n) is 1.44. The van der Waals surface area contributed by atoms with Gasteiger partial charge in [-0.1, -0.05) is 24.3 Å². The number of nitrogens with zero attached hydrogens (tertiary/aromatic N) is 1. The summed E-state index contributed by atoms with van der Waals surface area (Å²) in [5.41, 5.74) is 0.698. The number of para-hydroxylation sites is 1. The summed E-state index contributed by atoms with van der Waals surface area (Å²) >= 11 is 1.56. The van der Waals surface area contributed by atoms with Crippen molar-refractivity contribution in [2.45, 2.75) is 6.54 Å². The van der Waals surface area contributed by atoms with Crippen LogP contribution in [-0.4, -0.2) is 11.2 Å². The molecule has 0 spiro atoms. The molecule has 0 aliphatic carbocycles. The van der Waals surface area contributed by atoms with Crippen LogP contribution >= 0.6 is 23.7 Å². The highest BCUT2D eigenvalue weighted by molar-refractivity contribution is 7.09. The number of hydrogen-bond acceptors (Lipinski definition) is 2. The van der Waals surface area contributed by atoms with Crippen molar-refractivity contribution in [3.05, 3.63) is 52.7 Å². The molecular formula is C12H12ClNO2S. The van der Waals surface area contributed by atoms with Gasteiger partial charge in [0.25, 0.3) is 0 Å². The molecule has 17 heavy (non-hydrogen) atoms. The summed E-state index contributed by atoms with van der Waals surface area (Å²) in [5.74, 6) is 0. The van der Waals surface area contributed by atoms with E-state index in [9.17, 15) is 4.79 Å². The second kappa shape index (κ2) is 6.27. The Labute approximate surface area is 110 Å². The minimum Gasteiger partial charge on any atom is -0.465 e. The summed E-state index contributed by atoms with van der Waals surface area (Å²) in [7, 11) is 0. The number of amides is 1. The van der Waals surface area contributed by atoms with Crippen LogP contribution in [0.5, 0.6) is 0 Å². The van der Waals surface area contributed by atoms with Gasteiger partial charge in [0.1, 0.15) is 0 Å². The molecule has 0 radical (unpaired) electrons. The Morgan fingerprint density at radius 3 is 2.41 bits per heavy atom. The number of anilines is 1. The number of carboxylic acid groups (broad SMARTS) is 1. The minimum absolute atomic E-state index is 0. The van der Waals surface area contributed by atoms with E-state index in [4.69, 9.17) is 5.11 Å². The van der Waals surface area contributed by atoms with E-state index in [0.29, 0.717) is 12.2 Å². The zero-order valence-electron chi connectivity index (χ0n) is 8.95. The second-order valence-electron chi connectivity index (χ2n) is 3.28. The van der Waals surface area contributed by atoms with Crippen molar-refractivity contribution in [3.8, 4) is 0 Å². The highest BCUT2D eigenvalue weighted by atomic mass is 35.5. The van der Waals surface area contributed by atoms with Gasteiger partial charge in [-0.3, -0.25) is 4.90 Å². The van der Waals surface area contributed by atoms with Crippen LogP contribution in [0.15, 0.2) is 47.8 Å². The average molecular weight is 270 g/mol. The third-order valence-electron chi connectivity index (χ3n) is 2.19. The summed E-state index contributed by atoms with van der Waals surface area (Å²) in [4.78, 5) is 13.5. The van der Waals surface area contributed by atoms with Crippen molar-refractivity contribution >= 4 is 35.5 Å². The fraction of sp³-hybridized carbons (Fsp3) is 0.0833.